The molecule has 3 aliphatic rings. The molecule has 4 rings (SSSR count). The van der Waals surface area contributed by atoms with Crippen LogP contribution in [0, 0.1) is 11.8 Å². The molecular formula is C21H26F3N3O2. The lowest BCUT2D eigenvalue weighted by molar-refractivity contribution is -0.143. The third-order valence-electron chi connectivity index (χ3n) is 6.40. The minimum Gasteiger partial charge on any atom is -0.297 e. The van der Waals surface area contributed by atoms with E-state index in [1.165, 1.54) is 17.0 Å². The normalized spacial score (nSPS) is 26.8. The molecule has 2 saturated heterocycles. The van der Waals surface area contributed by atoms with Crippen LogP contribution in [-0.2, 0) is 22.3 Å². The number of alkyl halides is 3. The first-order chi connectivity index (χ1) is 13.8. The van der Waals surface area contributed by atoms with E-state index in [4.69, 9.17) is 0 Å². The first-order valence-electron chi connectivity index (χ1n) is 10.3. The standard InChI is InChI=1S/C21H26F3N3O2/c22-21(23,24)16-5-3-4-15(12-16)13-25-8-10-26(11-9-25)14-27-19(28)17-6-1-2-7-18(17)20(27)29/h3-5,12,17-18H,1-2,6-11,13-14H2/t17-,18-/m1/s1. The van der Waals surface area contributed by atoms with Gasteiger partial charge >= 0.3 is 6.18 Å². The highest BCUT2D eigenvalue weighted by Crippen LogP contribution is 2.38. The molecule has 1 saturated carbocycles. The summed E-state index contributed by atoms with van der Waals surface area (Å²) in [5, 5.41) is 0. The van der Waals surface area contributed by atoms with Crippen LogP contribution in [0.2, 0.25) is 0 Å². The van der Waals surface area contributed by atoms with Crippen LogP contribution in [0.3, 0.4) is 0 Å². The van der Waals surface area contributed by atoms with Gasteiger partial charge in [0.15, 0.2) is 0 Å². The Labute approximate surface area is 168 Å². The maximum atomic E-state index is 12.9. The molecule has 1 aromatic carbocycles. The molecule has 0 radical (unpaired) electrons. The third-order valence-corrected chi connectivity index (χ3v) is 6.40. The van der Waals surface area contributed by atoms with Gasteiger partial charge in [0, 0.05) is 32.7 Å². The van der Waals surface area contributed by atoms with Gasteiger partial charge in [0.25, 0.3) is 0 Å². The SMILES string of the molecule is O=C1[C@@H]2CCCC[C@H]2C(=O)N1CN1CCN(Cc2cccc(C(F)(F)F)c2)CC1. The van der Waals surface area contributed by atoms with E-state index in [9.17, 15) is 22.8 Å². The van der Waals surface area contributed by atoms with E-state index >= 15 is 0 Å². The van der Waals surface area contributed by atoms with E-state index in [0.717, 1.165) is 31.7 Å². The van der Waals surface area contributed by atoms with Gasteiger partial charge in [-0.2, -0.15) is 13.2 Å². The van der Waals surface area contributed by atoms with Crippen LogP contribution < -0.4 is 0 Å². The van der Waals surface area contributed by atoms with Crippen molar-refractivity contribution < 1.29 is 22.8 Å². The molecule has 2 atom stereocenters. The average Bonchev–Trinajstić information content (AvgIpc) is 2.94. The molecule has 2 amide bonds. The molecule has 29 heavy (non-hydrogen) atoms. The molecule has 1 aromatic rings. The number of piperazine rings is 1. The van der Waals surface area contributed by atoms with E-state index in [-0.39, 0.29) is 23.7 Å². The van der Waals surface area contributed by atoms with Crippen LogP contribution in [0.25, 0.3) is 0 Å². The number of amides is 2. The maximum absolute atomic E-state index is 12.9. The molecular weight excluding hydrogens is 383 g/mol. The summed E-state index contributed by atoms with van der Waals surface area (Å²) >= 11 is 0. The van der Waals surface area contributed by atoms with Crippen molar-refractivity contribution in [2.75, 3.05) is 32.8 Å². The van der Waals surface area contributed by atoms with E-state index in [1.54, 1.807) is 6.07 Å². The summed E-state index contributed by atoms with van der Waals surface area (Å²) in [4.78, 5) is 30.9. The minimum atomic E-state index is -4.33. The third kappa shape index (κ3) is 4.33. The van der Waals surface area contributed by atoms with Crippen LogP contribution in [0.15, 0.2) is 24.3 Å². The lowest BCUT2D eigenvalue weighted by atomic mass is 9.81. The topological polar surface area (TPSA) is 43.9 Å². The summed E-state index contributed by atoms with van der Waals surface area (Å²) in [5.74, 6) is -0.297. The lowest BCUT2D eigenvalue weighted by Gasteiger charge is -2.36. The monoisotopic (exact) mass is 409 g/mol. The number of carbonyl (C=O) groups is 2. The van der Waals surface area contributed by atoms with Crippen LogP contribution in [-0.4, -0.2) is 59.4 Å². The largest absolute Gasteiger partial charge is 0.416 e. The van der Waals surface area contributed by atoms with E-state index < -0.39 is 11.7 Å². The Balaban J connectivity index is 1.30. The molecule has 158 valence electrons. The van der Waals surface area contributed by atoms with E-state index in [2.05, 4.69) is 9.80 Å². The van der Waals surface area contributed by atoms with Crippen molar-refractivity contribution in [3.63, 3.8) is 0 Å². The quantitative estimate of drug-likeness (QED) is 0.718. The fourth-order valence-corrected chi connectivity index (χ4v) is 4.76. The Hall–Kier alpha value is -1.93. The summed E-state index contributed by atoms with van der Waals surface area (Å²) in [6.07, 6.45) is -0.668. The Morgan fingerprint density at radius 1 is 0.897 bits per heavy atom. The number of carbonyl (C=O) groups excluding carboxylic acids is 2. The number of halogens is 3. The number of rotatable bonds is 4. The predicted molar refractivity (Wildman–Crippen MR) is 100 cm³/mol. The fraction of sp³-hybridized carbons (Fsp3) is 0.619. The average molecular weight is 409 g/mol. The number of benzene rings is 1. The maximum Gasteiger partial charge on any atom is 0.416 e. The van der Waals surface area contributed by atoms with Gasteiger partial charge in [-0.25, -0.2) is 0 Å². The van der Waals surface area contributed by atoms with Crippen LogP contribution in [0.4, 0.5) is 13.2 Å². The Morgan fingerprint density at radius 3 is 2.07 bits per heavy atom. The highest BCUT2D eigenvalue weighted by Gasteiger charge is 2.48. The van der Waals surface area contributed by atoms with E-state index in [0.29, 0.717) is 45.0 Å². The second-order valence-electron chi connectivity index (χ2n) is 8.34. The highest BCUT2D eigenvalue weighted by molar-refractivity contribution is 6.05. The number of likely N-dealkylation sites (tertiary alicyclic amines) is 1. The number of hydrogen-bond donors (Lipinski definition) is 0. The summed E-state index contributed by atoms with van der Waals surface area (Å²) in [7, 11) is 0. The van der Waals surface area contributed by atoms with Crippen molar-refractivity contribution in [3.05, 3.63) is 35.4 Å². The van der Waals surface area contributed by atoms with Crippen molar-refractivity contribution in [3.8, 4) is 0 Å². The molecule has 0 aromatic heterocycles. The smallest absolute Gasteiger partial charge is 0.297 e. The molecule has 2 aliphatic heterocycles. The number of imide groups is 1. The first-order valence-corrected chi connectivity index (χ1v) is 10.3. The van der Waals surface area contributed by atoms with Gasteiger partial charge in [0.05, 0.1) is 24.1 Å². The number of hydrogen-bond acceptors (Lipinski definition) is 4. The first kappa shape index (κ1) is 20.3. The highest BCUT2D eigenvalue weighted by atomic mass is 19.4. The van der Waals surface area contributed by atoms with Gasteiger partial charge in [-0.05, 0) is 24.5 Å². The molecule has 3 fully saturated rings. The van der Waals surface area contributed by atoms with Crippen molar-refractivity contribution in [2.45, 2.75) is 38.4 Å². The zero-order valence-electron chi connectivity index (χ0n) is 16.3. The molecule has 1 aliphatic carbocycles. The molecule has 0 spiro atoms. The lowest BCUT2D eigenvalue weighted by Crippen LogP contribution is -2.51. The summed E-state index contributed by atoms with van der Waals surface area (Å²) in [6.45, 7) is 3.56. The van der Waals surface area contributed by atoms with Crippen molar-refractivity contribution in [1.82, 2.24) is 14.7 Å². The van der Waals surface area contributed by atoms with Crippen molar-refractivity contribution >= 4 is 11.8 Å². The summed E-state index contributed by atoms with van der Waals surface area (Å²) < 4.78 is 38.7. The molecule has 0 bridgehead atoms. The molecule has 0 unspecified atom stereocenters. The van der Waals surface area contributed by atoms with Gasteiger partial charge in [-0.15, -0.1) is 0 Å². The van der Waals surface area contributed by atoms with E-state index in [1.807, 2.05) is 0 Å². The Morgan fingerprint density at radius 2 is 1.48 bits per heavy atom. The van der Waals surface area contributed by atoms with Crippen LogP contribution >= 0.6 is 0 Å². The van der Waals surface area contributed by atoms with Gasteiger partial charge in [-0.3, -0.25) is 24.3 Å². The molecule has 0 N–H and O–H groups in total. The molecule has 2 heterocycles. The Bertz CT molecular complexity index is 751. The second-order valence-corrected chi connectivity index (χ2v) is 8.34. The summed E-state index contributed by atoms with van der Waals surface area (Å²) in [5.41, 5.74) is 0.0170. The van der Waals surface area contributed by atoms with Crippen LogP contribution in [0.1, 0.15) is 36.8 Å². The second kappa shape index (κ2) is 8.07. The number of fused-ring (bicyclic) bond motifs is 1. The molecule has 5 nitrogen and oxygen atoms in total. The van der Waals surface area contributed by atoms with Gasteiger partial charge < -0.3 is 0 Å². The minimum absolute atomic E-state index is 0.0221. The van der Waals surface area contributed by atoms with Crippen molar-refractivity contribution in [1.29, 1.82) is 0 Å². The number of nitrogens with zero attached hydrogens (tertiary/aromatic N) is 3. The van der Waals surface area contributed by atoms with Crippen LogP contribution in [0.5, 0.6) is 0 Å². The van der Waals surface area contributed by atoms with Crippen molar-refractivity contribution in [2.24, 2.45) is 11.8 Å². The van der Waals surface area contributed by atoms with Gasteiger partial charge in [0.1, 0.15) is 0 Å². The van der Waals surface area contributed by atoms with Gasteiger partial charge in [-0.1, -0.05) is 31.0 Å². The fourth-order valence-electron chi connectivity index (χ4n) is 4.76. The summed E-state index contributed by atoms with van der Waals surface area (Å²) in [6, 6.07) is 5.45. The molecule has 8 heteroatoms. The zero-order valence-corrected chi connectivity index (χ0v) is 16.3. The van der Waals surface area contributed by atoms with Gasteiger partial charge in [0.2, 0.25) is 11.8 Å². The zero-order chi connectivity index (χ0) is 20.6. The predicted octanol–water partition coefficient (Wildman–Crippen LogP) is 2.96. The Kier molecular flexibility index (Phi) is 5.66.